The first kappa shape index (κ1) is 18.1. The molecule has 1 unspecified atom stereocenters. The van der Waals surface area contributed by atoms with Crippen molar-refractivity contribution in [3.8, 4) is 11.1 Å². The fourth-order valence-corrected chi connectivity index (χ4v) is 3.12. The van der Waals surface area contributed by atoms with Gasteiger partial charge in [0, 0.05) is 25.1 Å². The zero-order chi connectivity index (χ0) is 18.7. The van der Waals surface area contributed by atoms with Gasteiger partial charge in [-0.25, -0.2) is 0 Å². The summed E-state index contributed by atoms with van der Waals surface area (Å²) in [6.07, 6.45) is 2.71. The molecule has 1 aromatic heterocycles. The van der Waals surface area contributed by atoms with Crippen LogP contribution >= 0.6 is 0 Å². The molecule has 6 heteroatoms. The van der Waals surface area contributed by atoms with Crippen LogP contribution in [0.4, 0.5) is 5.88 Å². The maximum Gasteiger partial charge on any atom is 0.223 e. The predicted octanol–water partition coefficient (Wildman–Crippen LogP) is 2.52. The number of aliphatic hydroxyl groups excluding tert-OH is 1. The van der Waals surface area contributed by atoms with Crippen LogP contribution in [-0.4, -0.2) is 36.0 Å². The first-order valence-corrected chi connectivity index (χ1v) is 8.54. The lowest BCUT2D eigenvalue weighted by Crippen LogP contribution is -2.40. The molecule has 0 saturated carbocycles. The maximum atomic E-state index is 11.7. The number of hydrogen-bond acceptors (Lipinski definition) is 5. The molecule has 26 heavy (non-hydrogen) atoms. The Labute approximate surface area is 151 Å². The molecule has 0 spiro atoms. The lowest BCUT2D eigenvalue weighted by atomic mass is 9.94. The van der Waals surface area contributed by atoms with Crippen molar-refractivity contribution in [1.82, 2.24) is 5.32 Å². The molecule has 3 N–H and O–H groups in total. The van der Waals surface area contributed by atoms with Crippen LogP contribution in [0.25, 0.3) is 16.7 Å². The molecule has 1 aliphatic heterocycles. The lowest BCUT2D eigenvalue weighted by Gasteiger charge is -2.21. The summed E-state index contributed by atoms with van der Waals surface area (Å²) in [6, 6.07) is 9.40. The third-order valence-corrected chi connectivity index (χ3v) is 4.41. The molecule has 0 fully saturated rings. The molecule has 1 amide bonds. The van der Waals surface area contributed by atoms with Crippen molar-refractivity contribution in [2.75, 3.05) is 18.5 Å². The number of carbonyl (C=O) groups excluding carboxylic acids is 2. The van der Waals surface area contributed by atoms with Crippen molar-refractivity contribution in [3.05, 3.63) is 47.7 Å². The fraction of sp³-hybridized carbons (Fsp3) is 0.300. The molecule has 1 aromatic carbocycles. The average molecular weight is 354 g/mol. The number of Topliss-reactive ketones (excluding diaryl/α,β-unsaturated/α-hetero) is 1. The third-order valence-electron chi connectivity index (χ3n) is 4.41. The van der Waals surface area contributed by atoms with E-state index >= 15 is 0 Å². The van der Waals surface area contributed by atoms with Gasteiger partial charge < -0.3 is 14.8 Å². The van der Waals surface area contributed by atoms with Gasteiger partial charge in [-0.15, -0.1) is 0 Å². The summed E-state index contributed by atoms with van der Waals surface area (Å²) < 4.78 is 5.57. The fourth-order valence-electron chi connectivity index (χ4n) is 3.12. The van der Waals surface area contributed by atoms with E-state index in [1.807, 2.05) is 43.3 Å². The normalized spacial score (nSPS) is 16.9. The molecule has 2 heterocycles. The third kappa shape index (κ3) is 3.92. The van der Waals surface area contributed by atoms with Gasteiger partial charge in [0.05, 0.1) is 6.04 Å². The van der Waals surface area contributed by atoms with Crippen LogP contribution in [0, 0.1) is 6.92 Å². The molecular formula is C20H22N2O4. The van der Waals surface area contributed by atoms with Crippen LogP contribution in [0.2, 0.25) is 0 Å². The van der Waals surface area contributed by atoms with E-state index < -0.39 is 12.6 Å². The quantitative estimate of drug-likeness (QED) is 0.767. The van der Waals surface area contributed by atoms with Gasteiger partial charge >= 0.3 is 0 Å². The van der Waals surface area contributed by atoms with E-state index in [0.717, 1.165) is 34.4 Å². The monoisotopic (exact) mass is 354 g/mol. The van der Waals surface area contributed by atoms with Crippen LogP contribution in [0.5, 0.6) is 0 Å². The number of benzene rings is 1. The molecular weight excluding hydrogens is 332 g/mol. The van der Waals surface area contributed by atoms with E-state index in [9.17, 15) is 9.59 Å². The van der Waals surface area contributed by atoms with Gasteiger partial charge in [0.2, 0.25) is 5.91 Å². The number of nitrogens with one attached hydrogen (secondary N) is 2. The Balaban J connectivity index is 1.83. The Hall–Kier alpha value is -2.70. The van der Waals surface area contributed by atoms with Gasteiger partial charge in [0.15, 0.2) is 11.7 Å². The van der Waals surface area contributed by atoms with Gasteiger partial charge in [-0.05, 0) is 30.0 Å². The zero-order valence-electron chi connectivity index (χ0n) is 14.8. The van der Waals surface area contributed by atoms with E-state index in [1.165, 1.54) is 6.92 Å². The number of ketones is 1. The second kappa shape index (κ2) is 7.68. The van der Waals surface area contributed by atoms with E-state index in [4.69, 9.17) is 9.52 Å². The van der Waals surface area contributed by atoms with Crippen molar-refractivity contribution >= 4 is 23.1 Å². The van der Waals surface area contributed by atoms with Crippen molar-refractivity contribution in [2.24, 2.45) is 0 Å². The van der Waals surface area contributed by atoms with Gasteiger partial charge in [-0.3, -0.25) is 14.9 Å². The molecule has 0 bridgehead atoms. The Morgan fingerprint density at radius 3 is 2.62 bits per heavy atom. The minimum Gasteiger partial charge on any atom is -0.445 e. The predicted molar refractivity (Wildman–Crippen MR) is 99.7 cm³/mol. The second-order valence-electron chi connectivity index (χ2n) is 6.34. The molecule has 1 aliphatic rings. The Morgan fingerprint density at radius 1 is 1.27 bits per heavy atom. The van der Waals surface area contributed by atoms with E-state index in [-0.39, 0.29) is 11.7 Å². The molecule has 2 aromatic rings. The number of anilines is 1. The van der Waals surface area contributed by atoms with Crippen molar-refractivity contribution in [2.45, 2.75) is 26.3 Å². The Kier molecular flexibility index (Phi) is 5.35. The largest absolute Gasteiger partial charge is 0.445 e. The smallest absolute Gasteiger partial charge is 0.223 e. The summed E-state index contributed by atoms with van der Waals surface area (Å²) in [5, 5.41) is 14.8. The summed E-state index contributed by atoms with van der Waals surface area (Å²) >= 11 is 0. The number of hydrogen-bond donors (Lipinski definition) is 3. The topological polar surface area (TPSA) is 91.6 Å². The lowest BCUT2D eigenvalue weighted by molar-refractivity contribution is -0.122. The Bertz CT molecular complexity index is 849. The number of amides is 1. The molecule has 0 saturated heterocycles. The molecule has 0 radical (unpaired) electrons. The van der Waals surface area contributed by atoms with Crippen molar-refractivity contribution in [3.63, 3.8) is 0 Å². The van der Waals surface area contributed by atoms with Crippen LogP contribution < -0.4 is 10.6 Å². The first-order chi connectivity index (χ1) is 12.5. The molecule has 1 atom stereocenters. The standard InChI is InChI=1S/C20H22N2O4/c1-12-17(10-20(26-12)22-13(2)24)15-5-3-14(4-6-15)16-7-8-21-18(9-16)19(25)11-23/h3-6,9-10,18,21,23H,7-8,11H2,1-2H3,(H,22,24). The van der Waals surface area contributed by atoms with Crippen LogP contribution in [0.15, 0.2) is 40.8 Å². The number of furan rings is 1. The van der Waals surface area contributed by atoms with Crippen LogP contribution in [-0.2, 0) is 9.59 Å². The van der Waals surface area contributed by atoms with Crippen LogP contribution in [0.1, 0.15) is 24.7 Å². The molecule has 3 rings (SSSR count). The highest BCUT2D eigenvalue weighted by Gasteiger charge is 2.20. The summed E-state index contributed by atoms with van der Waals surface area (Å²) in [6.45, 7) is 3.53. The zero-order valence-corrected chi connectivity index (χ0v) is 14.8. The molecule has 136 valence electrons. The molecule has 0 aliphatic carbocycles. The molecule has 6 nitrogen and oxygen atoms in total. The average Bonchev–Trinajstić information content (AvgIpc) is 3.00. The SMILES string of the molecule is CC(=O)Nc1cc(-c2ccc(C3=CC(C(=O)CO)NCC3)cc2)c(C)o1. The highest BCUT2D eigenvalue weighted by molar-refractivity contribution is 5.90. The van der Waals surface area contributed by atoms with E-state index in [1.54, 1.807) is 0 Å². The number of carbonyl (C=O) groups is 2. The summed E-state index contributed by atoms with van der Waals surface area (Å²) in [5.74, 6) is 0.764. The summed E-state index contributed by atoms with van der Waals surface area (Å²) in [5.41, 5.74) is 4.05. The Morgan fingerprint density at radius 2 is 1.96 bits per heavy atom. The van der Waals surface area contributed by atoms with E-state index in [0.29, 0.717) is 12.4 Å². The van der Waals surface area contributed by atoms with Gasteiger partial charge in [-0.1, -0.05) is 30.3 Å². The maximum absolute atomic E-state index is 11.7. The van der Waals surface area contributed by atoms with Gasteiger partial charge in [0.1, 0.15) is 12.4 Å². The summed E-state index contributed by atoms with van der Waals surface area (Å²) in [7, 11) is 0. The van der Waals surface area contributed by atoms with Crippen LogP contribution in [0.3, 0.4) is 0 Å². The number of rotatable bonds is 5. The number of aryl methyl sites for hydroxylation is 1. The van der Waals surface area contributed by atoms with Gasteiger partial charge in [0.25, 0.3) is 0 Å². The second-order valence-corrected chi connectivity index (χ2v) is 6.34. The minimum atomic E-state index is -0.462. The van der Waals surface area contributed by atoms with Gasteiger partial charge in [-0.2, -0.15) is 0 Å². The first-order valence-electron chi connectivity index (χ1n) is 8.54. The minimum absolute atomic E-state index is 0.175. The van der Waals surface area contributed by atoms with Crippen molar-refractivity contribution in [1.29, 1.82) is 0 Å². The summed E-state index contributed by atoms with van der Waals surface area (Å²) in [4.78, 5) is 22.9. The van der Waals surface area contributed by atoms with E-state index in [2.05, 4.69) is 10.6 Å². The highest BCUT2D eigenvalue weighted by Crippen LogP contribution is 2.31. The number of aliphatic hydroxyl groups is 1. The van der Waals surface area contributed by atoms with Crippen molar-refractivity contribution < 1.29 is 19.1 Å². The highest BCUT2D eigenvalue weighted by atomic mass is 16.4.